The number of thiazole rings is 1. The van der Waals surface area contributed by atoms with Crippen LogP contribution in [-0.4, -0.2) is 40.0 Å². The fourth-order valence-electron chi connectivity index (χ4n) is 5.02. The van der Waals surface area contributed by atoms with Crippen LogP contribution in [0.5, 0.6) is 0 Å². The summed E-state index contributed by atoms with van der Waals surface area (Å²) in [6.07, 6.45) is 1.80. The Kier molecular flexibility index (Phi) is 7.48. The summed E-state index contributed by atoms with van der Waals surface area (Å²) < 4.78 is 15.8. The van der Waals surface area contributed by atoms with Crippen molar-refractivity contribution >= 4 is 34.4 Å². The molecule has 40 heavy (non-hydrogen) atoms. The standard InChI is InChI=1S/C30H32N4O5S/c1-17(2)20-8-10-21(11-9-20)26-25(28(36)39-14-13-38-6)18(3)31-29-34(26)27(35)24(40-29)16-19-7-12-22-23(15-19)33(5)30(37)32(22)4/h7-12,15-17,26H,13-14H2,1-6H3. The van der Waals surface area contributed by atoms with Gasteiger partial charge < -0.3 is 9.47 Å². The molecule has 208 valence electrons. The van der Waals surface area contributed by atoms with Crippen LogP contribution in [0.15, 0.2) is 68.3 Å². The van der Waals surface area contributed by atoms with Gasteiger partial charge in [-0.05, 0) is 47.7 Å². The molecule has 5 rings (SSSR count). The molecule has 0 amide bonds. The lowest BCUT2D eigenvalue weighted by molar-refractivity contribution is -0.140. The predicted molar refractivity (Wildman–Crippen MR) is 155 cm³/mol. The number of aryl methyl sites for hydroxylation is 2. The topological polar surface area (TPSA) is 96.8 Å². The van der Waals surface area contributed by atoms with E-state index in [0.29, 0.717) is 26.5 Å². The van der Waals surface area contributed by atoms with Gasteiger partial charge in [-0.25, -0.2) is 14.6 Å². The van der Waals surface area contributed by atoms with E-state index in [0.717, 1.165) is 27.7 Å². The number of carbonyl (C=O) groups excluding carboxylic acids is 1. The molecule has 0 bridgehead atoms. The molecule has 2 aromatic carbocycles. The van der Waals surface area contributed by atoms with Crippen LogP contribution in [0.4, 0.5) is 0 Å². The van der Waals surface area contributed by atoms with Crippen molar-refractivity contribution in [1.82, 2.24) is 13.7 Å². The number of benzene rings is 2. The maximum absolute atomic E-state index is 13.9. The number of methoxy groups -OCH3 is 1. The van der Waals surface area contributed by atoms with Crippen LogP contribution < -0.4 is 20.6 Å². The van der Waals surface area contributed by atoms with Gasteiger partial charge in [0.1, 0.15) is 6.61 Å². The molecule has 1 unspecified atom stereocenters. The fourth-order valence-corrected chi connectivity index (χ4v) is 6.07. The number of rotatable bonds is 7. The number of imidazole rings is 1. The van der Waals surface area contributed by atoms with Gasteiger partial charge in [0.2, 0.25) is 0 Å². The van der Waals surface area contributed by atoms with Crippen LogP contribution >= 0.6 is 11.3 Å². The van der Waals surface area contributed by atoms with E-state index in [1.807, 2.05) is 42.5 Å². The highest BCUT2D eigenvalue weighted by Crippen LogP contribution is 2.31. The van der Waals surface area contributed by atoms with Crippen LogP contribution in [0.2, 0.25) is 0 Å². The summed E-state index contributed by atoms with van der Waals surface area (Å²) in [5.41, 5.74) is 4.79. The van der Waals surface area contributed by atoms with Crippen molar-refractivity contribution in [2.75, 3.05) is 20.3 Å². The van der Waals surface area contributed by atoms with Crippen LogP contribution in [0.1, 0.15) is 49.4 Å². The smallest absolute Gasteiger partial charge is 0.338 e. The third-order valence-electron chi connectivity index (χ3n) is 7.27. The lowest BCUT2D eigenvalue weighted by Crippen LogP contribution is -2.40. The first-order valence-electron chi connectivity index (χ1n) is 13.1. The van der Waals surface area contributed by atoms with Crippen molar-refractivity contribution in [3.05, 3.63) is 101 Å². The number of allylic oxidation sites excluding steroid dienone is 1. The summed E-state index contributed by atoms with van der Waals surface area (Å²) >= 11 is 1.27. The zero-order valence-corrected chi connectivity index (χ0v) is 24.2. The summed E-state index contributed by atoms with van der Waals surface area (Å²) in [7, 11) is 5.00. The Morgan fingerprint density at radius 3 is 2.42 bits per heavy atom. The van der Waals surface area contributed by atoms with Gasteiger partial charge in [-0.2, -0.15) is 0 Å². The molecule has 1 atom stereocenters. The minimum absolute atomic E-state index is 0.0972. The van der Waals surface area contributed by atoms with E-state index in [2.05, 4.69) is 18.8 Å². The molecule has 0 N–H and O–H groups in total. The molecule has 0 fully saturated rings. The Hall–Kier alpha value is -4.02. The molecular weight excluding hydrogens is 528 g/mol. The maximum atomic E-state index is 13.9. The summed E-state index contributed by atoms with van der Waals surface area (Å²) in [5, 5.41) is 0. The Morgan fingerprint density at radius 1 is 1.05 bits per heavy atom. The van der Waals surface area contributed by atoms with Gasteiger partial charge in [0, 0.05) is 21.2 Å². The molecule has 10 heteroatoms. The van der Waals surface area contributed by atoms with E-state index < -0.39 is 12.0 Å². The van der Waals surface area contributed by atoms with E-state index in [1.165, 1.54) is 18.4 Å². The fraction of sp³-hybridized carbons (Fsp3) is 0.333. The first-order valence-corrected chi connectivity index (χ1v) is 13.9. The predicted octanol–water partition coefficient (Wildman–Crippen LogP) is 2.74. The van der Waals surface area contributed by atoms with Crippen LogP contribution in [-0.2, 0) is 28.4 Å². The van der Waals surface area contributed by atoms with Gasteiger partial charge in [-0.15, -0.1) is 0 Å². The molecule has 3 heterocycles. The Balaban J connectivity index is 1.66. The highest BCUT2D eigenvalue weighted by atomic mass is 32.1. The van der Waals surface area contributed by atoms with Crippen LogP contribution in [0.3, 0.4) is 0 Å². The normalized spacial score (nSPS) is 15.6. The number of fused-ring (bicyclic) bond motifs is 2. The van der Waals surface area contributed by atoms with Crippen molar-refractivity contribution in [2.45, 2.75) is 32.7 Å². The van der Waals surface area contributed by atoms with Crippen molar-refractivity contribution in [2.24, 2.45) is 19.1 Å². The average molecular weight is 561 g/mol. The van der Waals surface area contributed by atoms with Crippen molar-refractivity contribution in [3.8, 4) is 0 Å². The van der Waals surface area contributed by atoms with E-state index in [-0.39, 0.29) is 24.5 Å². The highest BCUT2D eigenvalue weighted by Gasteiger charge is 2.33. The minimum Gasteiger partial charge on any atom is -0.460 e. The molecule has 0 saturated carbocycles. The second kappa shape index (κ2) is 10.9. The number of aromatic nitrogens is 3. The lowest BCUT2D eigenvalue weighted by Gasteiger charge is -2.25. The zero-order valence-electron chi connectivity index (χ0n) is 23.4. The zero-order chi connectivity index (χ0) is 28.7. The van der Waals surface area contributed by atoms with E-state index in [1.54, 1.807) is 40.8 Å². The third kappa shape index (κ3) is 4.77. The molecule has 1 aliphatic rings. The average Bonchev–Trinajstić information content (AvgIpc) is 3.35. The summed E-state index contributed by atoms with van der Waals surface area (Å²) in [5.74, 6) is -0.186. The molecule has 1 aliphatic heterocycles. The quantitative estimate of drug-likeness (QED) is 0.256. The monoisotopic (exact) mass is 560 g/mol. The third-order valence-corrected chi connectivity index (χ3v) is 8.26. The van der Waals surface area contributed by atoms with Crippen LogP contribution in [0, 0.1) is 0 Å². The Labute approximate surface area is 234 Å². The summed E-state index contributed by atoms with van der Waals surface area (Å²) in [6.45, 7) is 6.36. The molecule has 0 spiro atoms. The van der Waals surface area contributed by atoms with Crippen LogP contribution in [0.25, 0.3) is 17.1 Å². The number of hydrogen-bond acceptors (Lipinski definition) is 7. The molecule has 2 aromatic heterocycles. The molecule has 4 aromatic rings. The number of hydrogen-bond donors (Lipinski definition) is 0. The van der Waals surface area contributed by atoms with E-state index in [9.17, 15) is 14.4 Å². The van der Waals surface area contributed by atoms with Gasteiger partial charge >= 0.3 is 11.7 Å². The van der Waals surface area contributed by atoms with Gasteiger partial charge in [0.25, 0.3) is 5.56 Å². The SMILES string of the molecule is COCCOC(=O)C1=C(C)N=c2sc(=Cc3ccc4c(c3)n(C)c(=O)n4C)c(=O)n2C1c1ccc(C(C)C)cc1. The van der Waals surface area contributed by atoms with Crippen molar-refractivity contribution < 1.29 is 14.3 Å². The molecule has 9 nitrogen and oxygen atoms in total. The number of esters is 1. The van der Waals surface area contributed by atoms with Gasteiger partial charge in [-0.3, -0.25) is 18.5 Å². The number of nitrogens with zero attached hydrogens (tertiary/aromatic N) is 4. The second-order valence-corrected chi connectivity index (χ2v) is 11.2. The van der Waals surface area contributed by atoms with E-state index >= 15 is 0 Å². The van der Waals surface area contributed by atoms with Gasteiger partial charge in [-0.1, -0.05) is 55.5 Å². The molecular formula is C30H32N4O5S. The van der Waals surface area contributed by atoms with Gasteiger partial charge in [0.05, 0.1) is 39.5 Å². The first kappa shape index (κ1) is 27.5. The number of carbonyl (C=O) groups is 1. The van der Waals surface area contributed by atoms with Gasteiger partial charge in [0.15, 0.2) is 4.80 Å². The lowest BCUT2D eigenvalue weighted by atomic mass is 9.93. The van der Waals surface area contributed by atoms with Crippen molar-refractivity contribution in [3.63, 3.8) is 0 Å². The largest absolute Gasteiger partial charge is 0.460 e. The summed E-state index contributed by atoms with van der Waals surface area (Å²) in [6, 6.07) is 12.9. The second-order valence-electron chi connectivity index (χ2n) is 10.2. The number of ether oxygens (including phenoxy) is 2. The molecule has 0 radical (unpaired) electrons. The maximum Gasteiger partial charge on any atom is 0.338 e. The molecule has 0 aliphatic carbocycles. The summed E-state index contributed by atoms with van der Waals surface area (Å²) in [4.78, 5) is 44.8. The minimum atomic E-state index is -0.688. The molecule has 0 saturated heterocycles. The Morgan fingerprint density at radius 2 is 1.75 bits per heavy atom. The Bertz CT molecular complexity index is 1890. The van der Waals surface area contributed by atoms with Crippen molar-refractivity contribution in [1.29, 1.82) is 0 Å². The van der Waals surface area contributed by atoms with E-state index in [4.69, 9.17) is 9.47 Å². The highest BCUT2D eigenvalue weighted by molar-refractivity contribution is 7.07. The first-order chi connectivity index (χ1) is 19.1.